The molecule has 4 unspecified atom stereocenters. The van der Waals surface area contributed by atoms with Gasteiger partial charge in [-0.2, -0.15) is 0 Å². The van der Waals surface area contributed by atoms with E-state index in [0.29, 0.717) is 10.9 Å². The number of piperidine rings is 1. The second-order valence-corrected chi connectivity index (χ2v) is 7.34. The molecule has 2 aliphatic heterocycles. The average Bonchev–Trinajstić information content (AvgIpc) is 2.85. The van der Waals surface area contributed by atoms with Crippen LogP contribution < -0.4 is 10.6 Å². The van der Waals surface area contributed by atoms with Gasteiger partial charge in [-0.15, -0.1) is 12.4 Å². The lowest BCUT2D eigenvalue weighted by Gasteiger charge is -2.32. The van der Waals surface area contributed by atoms with Crippen LogP contribution in [0.1, 0.15) is 31.4 Å². The molecular weight excluding hydrogens is 361 g/mol. The number of carbonyl (C=O) groups excluding carboxylic acids is 2. The molecular formula is C18H25Cl2N3O2. The van der Waals surface area contributed by atoms with Gasteiger partial charge in [0.05, 0.1) is 12.0 Å². The number of benzene rings is 1. The maximum Gasteiger partial charge on any atom is 0.226 e. The number of halogens is 2. The number of nitrogens with zero attached hydrogens (tertiary/aromatic N) is 1. The molecule has 2 fully saturated rings. The quantitative estimate of drug-likeness (QED) is 0.839. The maximum atomic E-state index is 12.9. The van der Waals surface area contributed by atoms with Gasteiger partial charge >= 0.3 is 0 Å². The first-order chi connectivity index (χ1) is 11.5. The first-order valence-electron chi connectivity index (χ1n) is 8.49. The van der Waals surface area contributed by atoms with Crippen LogP contribution >= 0.6 is 24.0 Å². The van der Waals surface area contributed by atoms with Crippen molar-refractivity contribution in [1.82, 2.24) is 15.5 Å². The Bertz CT molecular complexity index is 641. The summed E-state index contributed by atoms with van der Waals surface area (Å²) in [7, 11) is 1.76. The van der Waals surface area contributed by atoms with E-state index in [2.05, 4.69) is 17.6 Å². The van der Waals surface area contributed by atoms with Gasteiger partial charge in [-0.3, -0.25) is 9.59 Å². The summed E-state index contributed by atoms with van der Waals surface area (Å²) in [6, 6.07) is 7.34. The third-order valence-electron chi connectivity index (χ3n) is 5.23. The summed E-state index contributed by atoms with van der Waals surface area (Å²) in [6.07, 6.45) is 1.17. The monoisotopic (exact) mass is 385 g/mol. The maximum absolute atomic E-state index is 12.9. The fraction of sp³-hybridized carbons (Fsp3) is 0.556. The van der Waals surface area contributed by atoms with Crippen molar-refractivity contribution in [3.8, 4) is 0 Å². The molecule has 2 amide bonds. The predicted octanol–water partition coefficient (Wildman–Crippen LogP) is 2.40. The molecule has 0 bridgehead atoms. The normalized spacial score (nSPS) is 29.2. The first kappa shape index (κ1) is 20.0. The van der Waals surface area contributed by atoms with Crippen LogP contribution in [0.5, 0.6) is 0 Å². The van der Waals surface area contributed by atoms with Crippen molar-refractivity contribution < 1.29 is 9.59 Å². The second-order valence-electron chi connectivity index (χ2n) is 6.90. The van der Waals surface area contributed by atoms with Crippen molar-refractivity contribution in [2.75, 3.05) is 20.1 Å². The molecule has 1 aromatic carbocycles. The van der Waals surface area contributed by atoms with Crippen LogP contribution in [0.4, 0.5) is 0 Å². The van der Waals surface area contributed by atoms with Crippen LogP contribution in [0.25, 0.3) is 0 Å². The minimum Gasteiger partial charge on any atom is -0.353 e. The van der Waals surface area contributed by atoms with E-state index in [1.54, 1.807) is 18.0 Å². The third-order valence-corrected chi connectivity index (χ3v) is 5.46. The van der Waals surface area contributed by atoms with Crippen LogP contribution in [0.3, 0.4) is 0 Å². The Kier molecular flexibility index (Phi) is 6.72. The number of likely N-dealkylation sites (tertiary alicyclic amines) is 1. The van der Waals surface area contributed by atoms with E-state index in [4.69, 9.17) is 11.6 Å². The van der Waals surface area contributed by atoms with E-state index in [9.17, 15) is 9.59 Å². The zero-order valence-corrected chi connectivity index (χ0v) is 16.1. The smallest absolute Gasteiger partial charge is 0.226 e. The summed E-state index contributed by atoms with van der Waals surface area (Å²) < 4.78 is 0. The number of carbonyl (C=O) groups is 2. The minimum atomic E-state index is -0.372. The Morgan fingerprint density at radius 1 is 1.40 bits per heavy atom. The van der Waals surface area contributed by atoms with Crippen LogP contribution in [0.15, 0.2) is 24.3 Å². The summed E-state index contributed by atoms with van der Waals surface area (Å²) in [4.78, 5) is 26.8. The molecule has 2 heterocycles. The lowest BCUT2D eigenvalue weighted by molar-refractivity contribution is -0.128. The highest BCUT2D eigenvalue weighted by molar-refractivity contribution is 6.30. The Labute approximate surface area is 159 Å². The molecule has 2 N–H and O–H groups in total. The van der Waals surface area contributed by atoms with Gasteiger partial charge in [-0.05, 0) is 43.1 Å². The summed E-state index contributed by atoms with van der Waals surface area (Å²) in [6.45, 7) is 3.96. The fourth-order valence-electron chi connectivity index (χ4n) is 3.77. The van der Waals surface area contributed by atoms with E-state index in [1.165, 1.54) is 0 Å². The molecule has 0 aromatic heterocycles. The van der Waals surface area contributed by atoms with Crippen LogP contribution in [0, 0.1) is 11.8 Å². The van der Waals surface area contributed by atoms with Crippen molar-refractivity contribution in [1.29, 1.82) is 0 Å². The Balaban J connectivity index is 0.00000225. The standard InChI is InChI=1S/C18H24ClN3O2.ClH/c1-11-10-20-7-6-15(11)21-18(24)14-9-16(23)22(2)17(14)12-4-3-5-13(19)8-12;/h3-5,8,11,14-15,17,20H,6-7,9-10H2,1-2H3,(H,21,24);1H. The highest BCUT2D eigenvalue weighted by atomic mass is 35.5. The number of rotatable bonds is 3. The molecule has 0 aliphatic carbocycles. The number of hydrogen-bond donors (Lipinski definition) is 2. The molecule has 3 rings (SSSR count). The van der Waals surface area contributed by atoms with Crippen LogP contribution in [-0.2, 0) is 9.59 Å². The summed E-state index contributed by atoms with van der Waals surface area (Å²) >= 11 is 6.10. The summed E-state index contributed by atoms with van der Waals surface area (Å²) in [5.74, 6) is -0.0138. The van der Waals surface area contributed by atoms with E-state index < -0.39 is 0 Å². The van der Waals surface area contributed by atoms with Crippen molar-refractivity contribution in [2.24, 2.45) is 11.8 Å². The molecule has 0 radical (unpaired) electrons. The topological polar surface area (TPSA) is 61.4 Å². The Hall–Kier alpha value is -1.30. The van der Waals surface area contributed by atoms with Gasteiger partial charge in [0.2, 0.25) is 11.8 Å². The van der Waals surface area contributed by atoms with Crippen LogP contribution in [-0.4, -0.2) is 42.9 Å². The van der Waals surface area contributed by atoms with Gasteiger partial charge in [0, 0.05) is 24.5 Å². The fourth-order valence-corrected chi connectivity index (χ4v) is 3.97. The molecule has 2 aliphatic rings. The van der Waals surface area contributed by atoms with E-state index in [1.807, 2.05) is 18.2 Å². The van der Waals surface area contributed by atoms with Gasteiger partial charge in [-0.25, -0.2) is 0 Å². The molecule has 0 saturated carbocycles. The van der Waals surface area contributed by atoms with Gasteiger partial charge in [0.1, 0.15) is 0 Å². The molecule has 2 saturated heterocycles. The highest BCUT2D eigenvalue weighted by Gasteiger charge is 2.43. The second kappa shape index (κ2) is 8.39. The molecule has 4 atom stereocenters. The van der Waals surface area contributed by atoms with E-state index >= 15 is 0 Å². The summed E-state index contributed by atoms with van der Waals surface area (Å²) in [5, 5.41) is 7.13. The SMILES string of the molecule is CC1CNCCC1NC(=O)C1CC(=O)N(C)C1c1cccc(Cl)c1.Cl. The lowest BCUT2D eigenvalue weighted by Crippen LogP contribution is -2.50. The van der Waals surface area contributed by atoms with Gasteiger partial charge in [0.15, 0.2) is 0 Å². The Morgan fingerprint density at radius 2 is 2.16 bits per heavy atom. The third kappa shape index (κ3) is 4.27. The molecule has 0 spiro atoms. The number of amides is 2. The minimum absolute atomic E-state index is 0. The average molecular weight is 386 g/mol. The lowest BCUT2D eigenvalue weighted by atomic mass is 9.90. The van der Waals surface area contributed by atoms with Crippen molar-refractivity contribution >= 4 is 35.8 Å². The van der Waals surface area contributed by atoms with Crippen molar-refractivity contribution in [2.45, 2.75) is 31.8 Å². The van der Waals surface area contributed by atoms with Gasteiger partial charge in [-0.1, -0.05) is 30.7 Å². The largest absolute Gasteiger partial charge is 0.353 e. The Morgan fingerprint density at radius 3 is 2.84 bits per heavy atom. The molecule has 25 heavy (non-hydrogen) atoms. The van der Waals surface area contributed by atoms with Crippen molar-refractivity contribution in [3.05, 3.63) is 34.9 Å². The van der Waals surface area contributed by atoms with E-state index in [0.717, 1.165) is 25.1 Å². The summed E-state index contributed by atoms with van der Waals surface area (Å²) in [5.41, 5.74) is 0.911. The van der Waals surface area contributed by atoms with Crippen LogP contribution in [0.2, 0.25) is 5.02 Å². The van der Waals surface area contributed by atoms with Crippen molar-refractivity contribution in [3.63, 3.8) is 0 Å². The first-order valence-corrected chi connectivity index (χ1v) is 8.87. The molecule has 5 nitrogen and oxygen atoms in total. The predicted molar refractivity (Wildman–Crippen MR) is 101 cm³/mol. The van der Waals surface area contributed by atoms with E-state index in [-0.39, 0.29) is 48.6 Å². The highest BCUT2D eigenvalue weighted by Crippen LogP contribution is 2.38. The van der Waals surface area contributed by atoms with Gasteiger partial charge in [0.25, 0.3) is 0 Å². The molecule has 1 aromatic rings. The zero-order valence-electron chi connectivity index (χ0n) is 14.5. The number of nitrogens with one attached hydrogen (secondary N) is 2. The zero-order chi connectivity index (χ0) is 17.3. The van der Waals surface area contributed by atoms with Gasteiger partial charge < -0.3 is 15.5 Å². The molecule has 7 heteroatoms. The number of hydrogen-bond acceptors (Lipinski definition) is 3. The molecule has 138 valence electrons.